The van der Waals surface area contributed by atoms with Gasteiger partial charge in [0.15, 0.2) is 0 Å². The molecule has 0 saturated heterocycles. The number of hydrogen-bond acceptors (Lipinski definition) is 4. The second kappa shape index (κ2) is 13.2. The molecule has 158 valence electrons. The van der Waals surface area contributed by atoms with Crippen molar-refractivity contribution in [1.82, 2.24) is 0 Å². The first-order chi connectivity index (χ1) is 13.3. The lowest BCUT2D eigenvalue weighted by Crippen LogP contribution is -2.38. The standard InChI is InChI=1S/C22H40N2O2Si2/c1-7-25-28(6,26-8-2)18-12-16-24-20-22-14-10-9-13-21(22)19-23-15-11-17-27(3,4)5/h9-10,13-14,19-20H,7-8,11-12,15-18H2,1-6H3/b23-19+,24-20+. The van der Waals surface area contributed by atoms with Gasteiger partial charge in [-0.15, -0.1) is 0 Å². The Morgan fingerprint density at radius 1 is 0.786 bits per heavy atom. The molecule has 0 saturated carbocycles. The van der Waals surface area contributed by atoms with Crippen molar-refractivity contribution in [3.05, 3.63) is 35.4 Å². The molecule has 0 spiro atoms. The van der Waals surface area contributed by atoms with E-state index in [9.17, 15) is 0 Å². The highest BCUT2D eigenvalue weighted by Gasteiger charge is 2.29. The Morgan fingerprint density at radius 2 is 1.25 bits per heavy atom. The van der Waals surface area contributed by atoms with Crippen LogP contribution in [0.25, 0.3) is 0 Å². The fraction of sp³-hybridized carbons (Fsp3) is 0.636. The highest BCUT2D eigenvalue weighted by molar-refractivity contribution is 6.76. The molecule has 0 aliphatic heterocycles. The van der Waals surface area contributed by atoms with E-state index in [4.69, 9.17) is 8.85 Å². The van der Waals surface area contributed by atoms with Gasteiger partial charge in [0, 0.05) is 57.9 Å². The lowest BCUT2D eigenvalue weighted by atomic mass is 10.1. The molecule has 0 N–H and O–H groups in total. The van der Waals surface area contributed by atoms with Crippen LogP contribution in [0.4, 0.5) is 0 Å². The van der Waals surface area contributed by atoms with Crippen LogP contribution in [0.3, 0.4) is 0 Å². The first kappa shape index (κ1) is 25.0. The maximum Gasteiger partial charge on any atom is 0.334 e. The minimum Gasteiger partial charge on any atom is -0.395 e. The van der Waals surface area contributed by atoms with E-state index >= 15 is 0 Å². The van der Waals surface area contributed by atoms with Crippen LogP contribution >= 0.6 is 0 Å². The average Bonchev–Trinajstić information content (AvgIpc) is 2.61. The van der Waals surface area contributed by atoms with Crippen LogP contribution in [0.5, 0.6) is 0 Å². The summed E-state index contributed by atoms with van der Waals surface area (Å²) < 4.78 is 11.8. The van der Waals surface area contributed by atoms with E-state index in [1.807, 2.05) is 26.3 Å². The zero-order chi connectivity index (χ0) is 20.9. The van der Waals surface area contributed by atoms with Gasteiger partial charge < -0.3 is 8.85 Å². The van der Waals surface area contributed by atoms with Crippen molar-refractivity contribution in [2.24, 2.45) is 9.98 Å². The first-order valence-corrected chi connectivity index (χ1v) is 16.9. The predicted molar refractivity (Wildman–Crippen MR) is 128 cm³/mol. The molecular weight excluding hydrogens is 380 g/mol. The van der Waals surface area contributed by atoms with Gasteiger partial charge in [-0.3, -0.25) is 9.98 Å². The van der Waals surface area contributed by atoms with Gasteiger partial charge in [0.25, 0.3) is 0 Å². The molecule has 4 nitrogen and oxygen atoms in total. The third-order valence-corrected chi connectivity index (χ3v) is 9.40. The Hall–Kier alpha value is -1.09. The van der Waals surface area contributed by atoms with Gasteiger partial charge in [-0.25, -0.2) is 0 Å². The minimum absolute atomic E-state index is 0.719. The molecule has 6 heteroatoms. The molecule has 0 fully saturated rings. The largest absolute Gasteiger partial charge is 0.395 e. The minimum atomic E-state index is -2.02. The fourth-order valence-electron chi connectivity index (χ4n) is 3.06. The van der Waals surface area contributed by atoms with E-state index < -0.39 is 16.6 Å². The summed E-state index contributed by atoms with van der Waals surface area (Å²) in [6.45, 7) is 16.6. The maximum atomic E-state index is 5.89. The van der Waals surface area contributed by atoms with E-state index in [0.717, 1.165) is 49.9 Å². The van der Waals surface area contributed by atoms with Crippen LogP contribution in [-0.2, 0) is 8.85 Å². The molecule has 0 bridgehead atoms. The highest BCUT2D eigenvalue weighted by atomic mass is 28.4. The van der Waals surface area contributed by atoms with Gasteiger partial charge in [-0.05, 0) is 39.3 Å². The summed E-state index contributed by atoms with van der Waals surface area (Å²) in [5, 5.41) is 0. The summed E-state index contributed by atoms with van der Waals surface area (Å²) in [5.41, 5.74) is 2.27. The van der Waals surface area contributed by atoms with Gasteiger partial charge in [0.05, 0.1) is 0 Å². The molecule has 28 heavy (non-hydrogen) atoms. The van der Waals surface area contributed by atoms with Crippen LogP contribution in [-0.4, -0.2) is 55.4 Å². The Bertz CT molecular complexity index is 607. The third kappa shape index (κ3) is 11.0. The van der Waals surface area contributed by atoms with Crippen molar-refractivity contribution in [2.45, 2.75) is 65.0 Å². The van der Waals surface area contributed by atoms with Crippen molar-refractivity contribution in [1.29, 1.82) is 0 Å². The molecule has 0 amide bonds. The molecule has 1 aromatic carbocycles. The Balaban J connectivity index is 2.51. The summed E-state index contributed by atoms with van der Waals surface area (Å²) in [4.78, 5) is 9.26. The molecule has 0 heterocycles. The fourth-order valence-corrected chi connectivity index (χ4v) is 6.67. The van der Waals surface area contributed by atoms with Gasteiger partial charge in [0.2, 0.25) is 0 Å². The monoisotopic (exact) mass is 420 g/mol. The van der Waals surface area contributed by atoms with Gasteiger partial charge in [-0.1, -0.05) is 50.0 Å². The summed E-state index contributed by atoms with van der Waals surface area (Å²) >= 11 is 0. The van der Waals surface area contributed by atoms with E-state index in [1.54, 1.807) is 0 Å². The number of benzene rings is 1. The van der Waals surface area contributed by atoms with Crippen LogP contribution < -0.4 is 0 Å². The third-order valence-electron chi connectivity index (χ3n) is 4.49. The van der Waals surface area contributed by atoms with E-state index in [2.05, 4.69) is 60.4 Å². The predicted octanol–water partition coefficient (Wildman–Crippen LogP) is 5.79. The van der Waals surface area contributed by atoms with Crippen LogP contribution in [0.1, 0.15) is 37.8 Å². The normalized spacial score (nSPS) is 13.1. The molecule has 1 rings (SSSR count). The molecule has 0 unspecified atom stereocenters. The van der Waals surface area contributed by atoms with Crippen molar-refractivity contribution < 1.29 is 8.85 Å². The molecule has 0 aromatic heterocycles. The Morgan fingerprint density at radius 3 is 1.68 bits per heavy atom. The zero-order valence-corrected chi connectivity index (χ0v) is 20.8. The van der Waals surface area contributed by atoms with Crippen LogP contribution in [0, 0.1) is 0 Å². The smallest absolute Gasteiger partial charge is 0.334 e. The molecular formula is C22H40N2O2Si2. The number of nitrogens with zero attached hydrogens (tertiary/aromatic N) is 2. The van der Waals surface area contributed by atoms with Crippen molar-refractivity contribution in [2.75, 3.05) is 26.3 Å². The van der Waals surface area contributed by atoms with Crippen LogP contribution in [0.2, 0.25) is 38.3 Å². The topological polar surface area (TPSA) is 43.2 Å². The Labute approximate surface area is 174 Å². The SMILES string of the molecule is CCO[Si](C)(CCC/N=C/c1ccccc1/C=N/CCC[Si](C)(C)C)OCC. The number of hydrogen-bond donors (Lipinski definition) is 0. The highest BCUT2D eigenvalue weighted by Crippen LogP contribution is 2.16. The summed E-state index contributed by atoms with van der Waals surface area (Å²) in [5.74, 6) is 0. The van der Waals surface area contributed by atoms with E-state index in [0.29, 0.717) is 0 Å². The van der Waals surface area contributed by atoms with Gasteiger partial charge in [-0.2, -0.15) is 0 Å². The summed E-state index contributed by atoms with van der Waals surface area (Å²) in [6, 6.07) is 10.6. The molecule has 0 radical (unpaired) electrons. The van der Waals surface area contributed by atoms with Crippen molar-refractivity contribution >= 4 is 29.1 Å². The first-order valence-electron chi connectivity index (χ1n) is 10.7. The van der Waals surface area contributed by atoms with Gasteiger partial charge >= 0.3 is 8.56 Å². The van der Waals surface area contributed by atoms with Crippen molar-refractivity contribution in [3.8, 4) is 0 Å². The second-order valence-corrected chi connectivity index (χ2v) is 17.4. The molecule has 0 atom stereocenters. The van der Waals surface area contributed by atoms with Gasteiger partial charge in [0.1, 0.15) is 0 Å². The summed E-state index contributed by atoms with van der Waals surface area (Å²) in [6.07, 6.45) is 6.15. The van der Waals surface area contributed by atoms with Crippen molar-refractivity contribution in [3.63, 3.8) is 0 Å². The number of aliphatic imine (C=N–C) groups is 2. The average molecular weight is 421 g/mol. The quantitative estimate of drug-likeness (QED) is 0.217. The zero-order valence-electron chi connectivity index (χ0n) is 18.8. The molecule has 1 aromatic rings. The Kier molecular flexibility index (Phi) is 11.8. The molecule has 0 aliphatic carbocycles. The van der Waals surface area contributed by atoms with Crippen LogP contribution in [0.15, 0.2) is 34.3 Å². The lowest BCUT2D eigenvalue weighted by Gasteiger charge is -2.25. The second-order valence-electron chi connectivity index (χ2n) is 8.47. The molecule has 0 aliphatic rings. The van der Waals surface area contributed by atoms with E-state index in [1.165, 1.54) is 12.5 Å². The summed E-state index contributed by atoms with van der Waals surface area (Å²) in [7, 11) is -2.98. The van der Waals surface area contributed by atoms with E-state index in [-0.39, 0.29) is 0 Å². The lowest BCUT2D eigenvalue weighted by molar-refractivity contribution is 0.188. The maximum absolute atomic E-state index is 5.89. The number of rotatable bonds is 14.